The van der Waals surface area contributed by atoms with Gasteiger partial charge < -0.3 is 0 Å². The van der Waals surface area contributed by atoms with E-state index in [0.29, 0.717) is 11.2 Å². The number of rotatable bonds is 0. The quantitative estimate of drug-likeness (QED) is 0.462. The topological polar surface area (TPSA) is 28.8 Å². The first kappa shape index (κ1) is 6.85. The van der Waals surface area contributed by atoms with Crippen LogP contribution in [0.1, 0.15) is 6.92 Å². The smallest absolute Gasteiger partial charge is 0.227 e. The zero-order valence-corrected chi connectivity index (χ0v) is 6.97. The summed E-state index contributed by atoms with van der Waals surface area (Å²) in [5.41, 5.74) is 0. The highest BCUT2D eigenvalue weighted by Gasteiger charge is 2.21. The Morgan fingerprint density at radius 3 is 3.45 bits per heavy atom. The van der Waals surface area contributed by atoms with Gasteiger partial charge in [-0.1, -0.05) is 4.98 Å². The lowest BCUT2D eigenvalue weighted by Gasteiger charge is -1.92. The molecule has 58 valence electrons. The molecule has 1 atom stereocenters. The van der Waals surface area contributed by atoms with E-state index in [2.05, 4.69) is 21.8 Å². The van der Waals surface area contributed by atoms with Crippen LogP contribution in [0.3, 0.4) is 0 Å². The van der Waals surface area contributed by atoms with Gasteiger partial charge in [0.05, 0.1) is 6.07 Å². The fraction of sp³-hybridized carbons (Fsp3) is 0.429. The summed E-state index contributed by atoms with van der Waals surface area (Å²) in [7, 11) is 0. The minimum absolute atomic E-state index is 0.482. The van der Waals surface area contributed by atoms with Crippen molar-refractivity contribution in [2.75, 3.05) is 5.32 Å². The Hall–Kier alpha value is -0.830. The van der Waals surface area contributed by atoms with E-state index in [-0.39, 0.29) is 0 Å². The molecule has 1 N–H and O–H groups in total. The fourth-order valence-corrected chi connectivity index (χ4v) is 1.43. The molecule has 2 rings (SSSR count). The normalized spacial score (nSPS) is 21.1. The lowest BCUT2D eigenvalue weighted by atomic mass is 10.4. The molecule has 1 aromatic rings. The Bertz CT molecular complexity index is 287. The van der Waals surface area contributed by atoms with Crippen LogP contribution in [-0.2, 0) is 6.54 Å². The molecule has 0 amide bonds. The number of nitrogens with zero attached hydrogens (tertiary/aromatic N) is 2. The van der Waals surface area contributed by atoms with Crippen LogP contribution in [0.5, 0.6) is 0 Å². The molecule has 0 spiro atoms. The summed E-state index contributed by atoms with van der Waals surface area (Å²) in [5.74, 6) is 1.05. The van der Waals surface area contributed by atoms with Gasteiger partial charge in [-0.05, 0) is 18.5 Å². The van der Waals surface area contributed by atoms with Gasteiger partial charge in [0.15, 0.2) is 0 Å². The third-order valence-corrected chi connectivity index (χ3v) is 1.96. The van der Waals surface area contributed by atoms with Gasteiger partial charge in [0.25, 0.3) is 0 Å². The van der Waals surface area contributed by atoms with Crippen molar-refractivity contribution in [3.05, 3.63) is 17.5 Å². The van der Waals surface area contributed by atoms with Crippen molar-refractivity contribution >= 4 is 17.4 Å². The Morgan fingerprint density at radius 1 is 1.82 bits per heavy atom. The largest absolute Gasteiger partial charge is 0.300 e. The van der Waals surface area contributed by atoms with Crippen LogP contribution in [0, 0.1) is 0 Å². The second kappa shape index (κ2) is 2.34. The average Bonchev–Trinajstić information content (AvgIpc) is 2.27. The SMILES string of the molecule is C[C@H]1C[n+]2cnc(Cl)cc2N1. The van der Waals surface area contributed by atoms with E-state index in [1.807, 2.05) is 6.07 Å². The third-order valence-electron chi connectivity index (χ3n) is 1.75. The lowest BCUT2D eigenvalue weighted by molar-refractivity contribution is -0.676. The van der Waals surface area contributed by atoms with Gasteiger partial charge in [-0.2, -0.15) is 0 Å². The van der Waals surface area contributed by atoms with E-state index >= 15 is 0 Å². The van der Waals surface area contributed by atoms with Gasteiger partial charge in [0, 0.05) is 0 Å². The first-order valence-corrected chi connectivity index (χ1v) is 3.95. The molecule has 0 bridgehead atoms. The van der Waals surface area contributed by atoms with Crippen LogP contribution in [0.4, 0.5) is 5.82 Å². The molecule has 0 fully saturated rings. The standard InChI is InChI=1S/C7H8ClN3/c1-5-3-11-4-9-6(8)2-7(11)10-5/h2,4-5H,3H2,1H3/p+1/t5-/m0/s1. The third kappa shape index (κ3) is 1.16. The lowest BCUT2D eigenvalue weighted by Crippen LogP contribution is -2.32. The van der Waals surface area contributed by atoms with E-state index in [9.17, 15) is 0 Å². The van der Waals surface area contributed by atoms with Crippen LogP contribution >= 0.6 is 11.6 Å². The highest BCUT2D eigenvalue weighted by Crippen LogP contribution is 2.12. The Labute approximate surface area is 70.0 Å². The van der Waals surface area contributed by atoms with E-state index in [1.165, 1.54) is 0 Å². The maximum atomic E-state index is 5.71. The zero-order chi connectivity index (χ0) is 7.84. The number of aromatic nitrogens is 2. The molecule has 11 heavy (non-hydrogen) atoms. The van der Waals surface area contributed by atoms with Gasteiger partial charge >= 0.3 is 0 Å². The van der Waals surface area contributed by atoms with Gasteiger partial charge in [-0.15, -0.1) is 0 Å². The van der Waals surface area contributed by atoms with Crippen molar-refractivity contribution in [2.24, 2.45) is 0 Å². The maximum Gasteiger partial charge on any atom is 0.227 e. The number of halogens is 1. The monoisotopic (exact) mass is 170 g/mol. The molecular weight excluding hydrogens is 162 g/mol. The Morgan fingerprint density at radius 2 is 2.64 bits per heavy atom. The molecule has 4 heteroatoms. The van der Waals surface area contributed by atoms with E-state index in [4.69, 9.17) is 11.6 Å². The summed E-state index contributed by atoms with van der Waals surface area (Å²) >= 11 is 5.71. The molecular formula is C7H9ClN3+. The molecule has 0 aliphatic carbocycles. The molecule has 2 heterocycles. The van der Waals surface area contributed by atoms with Crippen LogP contribution in [-0.4, -0.2) is 11.0 Å². The molecule has 0 saturated heterocycles. The molecule has 0 saturated carbocycles. The van der Waals surface area contributed by atoms with Crippen LogP contribution in [0.2, 0.25) is 5.15 Å². The molecule has 0 aromatic carbocycles. The van der Waals surface area contributed by atoms with Crippen LogP contribution < -0.4 is 9.88 Å². The summed E-state index contributed by atoms with van der Waals surface area (Å²) in [5, 5.41) is 3.82. The minimum Gasteiger partial charge on any atom is -0.300 e. The van der Waals surface area contributed by atoms with Gasteiger partial charge in [-0.25, -0.2) is 4.57 Å². The van der Waals surface area contributed by atoms with E-state index in [1.54, 1.807) is 6.33 Å². The number of anilines is 1. The Kier molecular flexibility index (Phi) is 1.46. The molecule has 0 unspecified atom stereocenters. The summed E-state index contributed by atoms with van der Waals surface area (Å²) in [4.78, 5) is 3.97. The highest BCUT2D eigenvalue weighted by atomic mass is 35.5. The van der Waals surface area contributed by atoms with E-state index < -0.39 is 0 Å². The summed E-state index contributed by atoms with van der Waals surface area (Å²) in [6.45, 7) is 3.10. The van der Waals surface area contributed by atoms with Crippen molar-refractivity contribution in [3.63, 3.8) is 0 Å². The number of hydrogen-bond donors (Lipinski definition) is 1. The number of hydrogen-bond acceptors (Lipinski definition) is 2. The van der Waals surface area contributed by atoms with Crippen molar-refractivity contribution < 1.29 is 4.57 Å². The number of nitrogens with one attached hydrogen (secondary N) is 1. The Balaban J connectivity index is 2.43. The van der Waals surface area contributed by atoms with E-state index in [0.717, 1.165) is 12.4 Å². The summed E-state index contributed by atoms with van der Waals surface area (Å²) in [6.07, 6.45) is 1.76. The second-order valence-corrected chi connectivity index (χ2v) is 3.18. The molecule has 1 aliphatic heterocycles. The first-order chi connectivity index (χ1) is 5.25. The van der Waals surface area contributed by atoms with Crippen molar-refractivity contribution in [1.82, 2.24) is 4.98 Å². The summed E-state index contributed by atoms with van der Waals surface area (Å²) < 4.78 is 2.05. The molecule has 1 aliphatic rings. The second-order valence-electron chi connectivity index (χ2n) is 2.79. The fourth-order valence-electron chi connectivity index (χ4n) is 1.28. The van der Waals surface area contributed by atoms with Crippen molar-refractivity contribution in [3.8, 4) is 0 Å². The highest BCUT2D eigenvalue weighted by molar-refractivity contribution is 6.29. The van der Waals surface area contributed by atoms with Crippen molar-refractivity contribution in [1.29, 1.82) is 0 Å². The van der Waals surface area contributed by atoms with Crippen LogP contribution in [0.15, 0.2) is 12.4 Å². The zero-order valence-electron chi connectivity index (χ0n) is 6.21. The molecule has 3 nitrogen and oxygen atoms in total. The van der Waals surface area contributed by atoms with Gasteiger partial charge in [-0.3, -0.25) is 5.32 Å². The maximum absolute atomic E-state index is 5.71. The molecule has 0 radical (unpaired) electrons. The predicted molar refractivity (Wildman–Crippen MR) is 42.5 cm³/mol. The van der Waals surface area contributed by atoms with Gasteiger partial charge in [0.2, 0.25) is 17.3 Å². The predicted octanol–water partition coefficient (Wildman–Crippen LogP) is 0.836. The average molecular weight is 171 g/mol. The summed E-state index contributed by atoms with van der Waals surface area (Å²) in [6, 6.07) is 2.32. The number of fused-ring (bicyclic) bond motifs is 1. The molecule has 1 aromatic heterocycles. The van der Waals surface area contributed by atoms with Crippen LogP contribution in [0.25, 0.3) is 0 Å². The minimum atomic E-state index is 0.482. The first-order valence-electron chi connectivity index (χ1n) is 3.57. The van der Waals surface area contributed by atoms with Crippen molar-refractivity contribution in [2.45, 2.75) is 19.5 Å². The van der Waals surface area contributed by atoms with Gasteiger partial charge in [0.1, 0.15) is 12.6 Å².